The van der Waals surface area contributed by atoms with Crippen molar-refractivity contribution in [1.82, 2.24) is 0 Å². The van der Waals surface area contributed by atoms with Gasteiger partial charge in [0.2, 0.25) is 0 Å². The van der Waals surface area contributed by atoms with Crippen molar-refractivity contribution in [1.29, 1.82) is 0 Å². The molecular weight excluding hydrogens is 228 g/mol. The second-order valence-electron chi connectivity index (χ2n) is 5.66. The molecule has 98 valence electrons. The molecule has 4 atom stereocenters. The third-order valence-corrected chi connectivity index (χ3v) is 3.72. The molecule has 0 radical (unpaired) electrons. The van der Waals surface area contributed by atoms with Crippen LogP contribution in [-0.2, 0) is 14.2 Å². The van der Waals surface area contributed by atoms with Crippen LogP contribution in [0.15, 0.2) is 30.3 Å². The number of hydrogen-bond donors (Lipinski definition) is 0. The highest BCUT2D eigenvalue weighted by Crippen LogP contribution is 2.43. The van der Waals surface area contributed by atoms with Gasteiger partial charge in [0, 0.05) is 5.92 Å². The van der Waals surface area contributed by atoms with Crippen molar-refractivity contribution < 1.29 is 14.2 Å². The normalized spacial score (nSPS) is 35.4. The van der Waals surface area contributed by atoms with Gasteiger partial charge in [0.1, 0.15) is 6.10 Å². The lowest BCUT2D eigenvalue weighted by atomic mass is 9.93. The van der Waals surface area contributed by atoms with Crippen LogP contribution in [-0.4, -0.2) is 24.6 Å². The van der Waals surface area contributed by atoms with Gasteiger partial charge < -0.3 is 14.2 Å². The average Bonchev–Trinajstić information content (AvgIpc) is 3.14. The molecule has 0 bridgehead atoms. The lowest BCUT2D eigenvalue weighted by molar-refractivity contribution is -0.151. The molecule has 0 amide bonds. The smallest absolute Gasteiger partial charge is 0.164 e. The Morgan fingerprint density at radius 3 is 2.44 bits per heavy atom. The van der Waals surface area contributed by atoms with E-state index in [1.807, 2.05) is 32.0 Å². The van der Waals surface area contributed by atoms with Crippen LogP contribution in [0, 0.1) is 5.92 Å². The number of rotatable bonds is 3. The van der Waals surface area contributed by atoms with Gasteiger partial charge in [0.05, 0.1) is 18.8 Å². The van der Waals surface area contributed by atoms with Crippen molar-refractivity contribution >= 4 is 0 Å². The molecule has 0 spiro atoms. The summed E-state index contributed by atoms with van der Waals surface area (Å²) in [5, 5.41) is 0. The van der Waals surface area contributed by atoms with Gasteiger partial charge in [0.25, 0.3) is 0 Å². The zero-order valence-corrected chi connectivity index (χ0v) is 11.1. The molecular formula is C15H20O3. The van der Waals surface area contributed by atoms with Crippen LogP contribution in [0.3, 0.4) is 0 Å². The lowest BCUT2D eigenvalue weighted by Crippen LogP contribution is -2.29. The van der Waals surface area contributed by atoms with E-state index in [1.54, 1.807) is 0 Å². The average molecular weight is 248 g/mol. The first-order chi connectivity index (χ1) is 8.57. The van der Waals surface area contributed by atoms with Crippen molar-refractivity contribution in [2.24, 2.45) is 5.92 Å². The molecule has 0 saturated carbocycles. The summed E-state index contributed by atoms with van der Waals surface area (Å²) in [4.78, 5) is 0. The second kappa shape index (κ2) is 4.34. The van der Waals surface area contributed by atoms with Crippen molar-refractivity contribution in [3.8, 4) is 0 Å². The summed E-state index contributed by atoms with van der Waals surface area (Å²) >= 11 is 0. The van der Waals surface area contributed by atoms with Gasteiger partial charge in [-0.1, -0.05) is 37.3 Å². The van der Waals surface area contributed by atoms with E-state index < -0.39 is 5.79 Å². The molecule has 2 fully saturated rings. The van der Waals surface area contributed by atoms with Gasteiger partial charge in [-0.3, -0.25) is 0 Å². The minimum atomic E-state index is -0.520. The molecule has 1 aromatic rings. The molecule has 0 aliphatic carbocycles. The molecule has 0 aromatic heterocycles. The van der Waals surface area contributed by atoms with E-state index in [0.717, 1.165) is 6.61 Å². The molecule has 2 saturated heterocycles. The standard InChI is InChI=1S/C15H20O3/c1-10(12-9-16-12)13-14(18-15(2,3)17-13)11-7-5-4-6-8-11/h4-8,10,12-14H,9H2,1-3H3/t10-,12-,13+,14+/m0/s1. The topological polar surface area (TPSA) is 31.0 Å². The van der Waals surface area contributed by atoms with Gasteiger partial charge in [-0.25, -0.2) is 0 Å². The molecule has 2 heterocycles. The first-order valence-corrected chi connectivity index (χ1v) is 6.59. The zero-order valence-electron chi connectivity index (χ0n) is 11.1. The molecule has 1 aromatic carbocycles. The predicted molar refractivity (Wildman–Crippen MR) is 68.1 cm³/mol. The van der Waals surface area contributed by atoms with Crippen molar-refractivity contribution in [3.63, 3.8) is 0 Å². The molecule has 3 rings (SSSR count). The molecule has 3 nitrogen and oxygen atoms in total. The Morgan fingerprint density at radius 2 is 1.83 bits per heavy atom. The maximum Gasteiger partial charge on any atom is 0.164 e. The van der Waals surface area contributed by atoms with Crippen LogP contribution >= 0.6 is 0 Å². The highest BCUT2D eigenvalue weighted by atomic mass is 16.8. The highest BCUT2D eigenvalue weighted by Gasteiger charge is 2.48. The molecule has 2 aliphatic heterocycles. The molecule has 18 heavy (non-hydrogen) atoms. The van der Waals surface area contributed by atoms with Gasteiger partial charge in [-0.05, 0) is 19.4 Å². The van der Waals surface area contributed by atoms with Gasteiger partial charge in [-0.2, -0.15) is 0 Å². The van der Waals surface area contributed by atoms with E-state index in [4.69, 9.17) is 14.2 Å². The van der Waals surface area contributed by atoms with Crippen molar-refractivity contribution in [2.75, 3.05) is 6.61 Å². The van der Waals surface area contributed by atoms with E-state index in [9.17, 15) is 0 Å². The number of benzene rings is 1. The van der Waals surface area contributed by atoms with Gasteiger partial charge >= 0.3 is 0 Å². The van der Waals surface area contributed by atoms with E-state index in [1.165, 1.54) is 5.56 Å². The molecule has 2 aliphatic rings. The summed E-state index contributed by atoms with van der Waals surface area (Å²) in [5.41, 5.74) is 1.18. The van der Waals surface area contributed by atoms with E-state index in [0.29, 0.717) is 12.0 Å². The van der Waals surface area contributed by atoms with Gasteiger partial charge in [-0.15, -0.1) is 0 Å². The molecule has 3 heteroatoms. The number of ether oxygens (including phenoxy) is 3. The minimum absolute atomic E-state index is 0.000370. The summed E-state index contributed by atoms with van der Waals surface area (Å²) < 4.78 is 17.5. The Balaban J connectivity index is 1.85. The predicted octanol–water partition coefficient (Wildman–Crippen LogP) is 2.91. The zero-order chi connectivity index (χ0) is 12.8. The fourth-order valence-electron chi connectivity index (χ4n) is 2.64. The van der Waals surface area contributed by atoms with Crippen molar-refractivity contribution in [3.05, 3.63) is 35.9 Å². The van der Waals surface area contributed by atoms with E-state index in [2.05, 4.69) is 19.1 Å². The van der Waals surface area contributed by atoms with Crippen LogP contribution in [0.2, 0.25) is 0 Å². The first kappa shape index (κ1) is 12.2. The summed E-state index contributed by atoms with van der Waals surface area (Å²) in [7, 11) is 0. The number of hydrogen-bond acceptors (Lipinski definition) is 3. The maximum atomic E-state index is 6.08. The van der Waals surface area contributed by atoms with Crippen LogP contribution in [0.4, 0.5) is 0 Å². The minimum Gasteiger partial charge on any atom is -0.373 e. The first-order valence-electron chi connectivity index (χ1n) is 6.59. The number of epoxide rings is 1. The lowest BCUT2D eigenvalue weighted by Gasteiger charge is -2.22. The largest absolute Gasteiger partial charge is 0.373 e. The van der Waals surface area contributed by atoms with Crippen LogP contribution < -0.4 is 0 Å². The van der Waals surface area contributed by atoms with E-state index in [-0.39, 0.29) is 12.2 Å². The Bertz CT molecular complexity index is 411. The summed E-state index contributed by atoms with van der Waals surface area (Å²) in [6.45, 7) is 6.98. The van der Waals surface area contributed by atoms with Crippen LogP contribution in [0.5, 0.6) is 0 Å². The Morgan fingerprint density at radius 1 is 1.17 bits per heavy atom. The van der Waals surface area contributed by atoms with Gasteiger partial charge in [0.15, 0.2) is 5.79 Å². The third-order valence-electron chi connectivity index (χ3n) is 3.72. The van der Waals surface area contributed by atoms with E-state index >= 15 is 0 Å². The summed E-state index contributed by atoms with van der Waals surface area (Å²) in [6.07, 6.45) is 0.397. The SMILES string of the molecule is C[C@H]([C@H]1OC(C)(C)O[C@@H]1c1ccccc1)[C@@H]1CO1. The Hall–Kier alpha value is -0.900. The summed E-state index contributed by atoms with van der Waals surface area (Å²) in [6, 6.07) is 10.3. The summed E-state index contributed by atoms with van der Waals surface area (Å²) in [5.74, 6) is -0.161. The fraction of sp³-hybridized carbons (Fsp3) is 0.600. The molecule has 0 unspecified atom stereocenters. The van der Waals surface area contributed by atoms with Crippen molar-refractivity contribution in [2.45, 2.75) is 44.9 Å². The van der Waals surface area contributed by atoms with Crippen LogP contribution in [0.1, 0.15) is 32.4 Å². The fourth-order valence-corrected chi connectivity index (χ4v) is 2.64. The maximum absolute atomic E-state index is 6.08. The quantitative estimate of drug-likeness (QED) is 0.771. The Kier molecular flexibility index (Phi) is 2.93. The second-order valence-corrected chi connectivity index (χ2v) is 5.66. The monoisotopic (exact) mass is 248 g/mol. The van der Waals surface area contributed by atoms with Crippen LogP contribution in [0.25, 0.3) is 0 Å². The Labute approximate surface area is 108 Å². The highest BCUT2D eigenvalue weighted by molar-refractivity contribution is 5.20. The third kappa shape index (κ3) is 2.30. The molecule has 0 N–H and O–H groups in total.